The topological polar surface area (TPSA) is 33.6 Å². The quantitative estimate of drug-likeness (QED) is 0.822. The molecule has 1 atom stereocenters. The maximum absolute atomic E-state index is 5.57. The summed E-state index contributed by atoms with van der Waals surface area (Å²) in [4.78, 5) is 4.68. The third-order valence-electron chi connectivity index (χ3n) is 3.93. The minimum Gasteiger partial charge on any atom is -0.376 e. The van der Waals surface area contributed by atoms with Crippen molar-refractivity contribution < 1.29 is 4.74 Å². The summed E-state index contributed by atoms with van der Waals surface area (Å²) in [6.45, 7) is 5.30. The Morgan fingerprint density at radius 3 is 2.69 bits per heavy atom. The van der Waals surface area contributed by atoms with E-state index in [4.69, 9.17) is 4.74 Å². The molecule has 0 spiro atoms. The van der Waals surface area contributed by atoms with Crippen LogP contribution in [0.2, 0.25) is 0 Å². The Bertz CT molecular complexity index is 283. The number of methoxy groups -OCH3 is 1. The van der Waals surface area contributed by atoms with E-state index in [0.717, 1.165) is 36.7 Å². The zero-order chi connectivity index (χ0) is 11.6. The van der Waals surface area contributed by atoms with E-state index in [1.165, 1.54) is 6.42 Å². The normalized spacial score (nSPS) is 34.8. The van der Waals surface area contributed by atoms with Crippen molar-refractivity contribution in [3.05, 3.63) is 0 Å². The first-order valence-electron chi connectivity index (χ1n) is 6.12. The molecule has 3 nitrogen and oxygen atoms in total. The van der Waals surface area contributed by atoms with Crippen molar-refractivity contribution >= 4 is 16.9 Å². The van der Waals surface area contributed by atoms with Crippen LogP contribution in [0.25, 0.3) is 0 Å². The van der Waals surface area contributed by atoms with Gasteiger partial charge in [-0.1, -0.05) is 18.7 Å². The van der Waals surface area contributed by atoms with Crippen molar-refractivity contribution in [1.29, 1.82) is 0 Å². The van der Waals surface area contributed by atoms with Crippen LogP contribution in [0.5, 0.6) is 0 Å². The summed E-state index contributed by atoms with van der Waals surface area (Å²) in [6, 6.07) is 0. The molecule has 4 heteroatoms. The number of nitrogens with one attached hydrogen (secondary N) is 1. The molecule has 2 fully saturated rings. The predicted molar refractivity (Wildman–Crippen MR) is 70.2 cm³/mol. The van der Waals surface area contributed by atoms with Gasteiger partial charge in [0.15, 0.2) is 5.17 Å². The molecule has 1 unspecified atom stereocenters. The monoisotopic (exact) mass is 242 g/mol. The van der Waals surface area contributed by atoms with E-state index in [1.54, 1.807) is 0 Å². The van der Waals surface area contributed by atoms with Gasteiger partial charge in [0.2, 0.25) is 0 Å². The van der Waals surface area contributed by atoms with Crippen LogP contribution < -0.4 is 5.32 Å². The van der Waals surface area contributed by atoms with Crippen molar-refractivity contribution in [3.8, 4) is 0 Å². The summed E-state index contributed by atoms with van der Waals surface area (Å²) in [7, 11) is 1.81. The Hall–Kier alpha value is -0.220. The molecule has 1 N–H and O–H groups in total. The largest absolute Gasteiger partial charge is 0.376 e. The molecule has 1 saturated carbocycles. The van der Waals surface area contributed by atoms with E-state index in [0.29, 0.717) is 0 Å². The summed E-state index contributed by atoms with van der Waals surface area (Å²) >= 11 is 1.84. The molecular weight excluding hydrogens is 220 g/mol. The van der Waals surface area contributed by atoms with Crippen LogP contribution in [0.15, 0.2) is 4.99 Å². The number of ether oxygens (including phenoxy) is 1. The van der Waals surface area contributed by atoms with E-state index in [-0.39, 0.29) is 11.1 Å². The molecular formula is C12H22N2OS. The maximum Gasteiger partial charge on any atom is 0.157 e. The lowest BCUT2D eigenvalue weighted by atomic mass is 9.80. The van der Waals surface area contributed by atoms with E-state index in [1.807, 2.05) is 18.9 Å². The Kier molecular flexibility index (Phi) is 3.50. The van der Waals surface area contributed by atoms with Crippen LogP contribution in [-0.2, 0) is 4.74 Å². The molecule has 16 heavy (non-hydrogen) atoms. The number of amidine groups is 1. The van der Waals surface area contributed by atoms with Gasteiger partial charge in [-0.25, -0.2) is 0 Å². The van der Waals surface area contributed by atoms with Crippen molar-refractivity contribution in [2.45, 2.75) is 50.7 Å². The fourth-order valence-electron chi connectivity index (χ4n) is 2.05. The van der Waals surface area contributed by atoms with Gasteiger partial charge in [0, 0.05) is 18.4 Å². The van der Waals surface area contributed by atoms with Crippen LogP contribution in [-0.4, -0.2) is 35.7 Å². The van der Waals surface area contributed by atoms with Gasteiger partial charge in [-0.05, 0) is 32.6 Å². The summed E-state index contributed by atoms with van der Waals surface area (Å²) < 4.78 is 5.57. The third-order valence-corrected chi connectivity index (χ3v) is 5.21. The van der Waals surface area contributed by atoms with E-state index in [2.05, 4.69) is 24.2 Å². The second-order valence-corrected chi connectivity index (χ2v) is 6.15. The first kappa shape index (κ1) is 12.2. The minimum atomic E-state index is 0.0560. The fraction of sp³-hybridized carbons (Fsp3) is 0.917. The number of hydrogen-bond acceptors (Lipinski definition) is 3. The molecule has 2 rings (SSSR count). The highest BCUT2D eigenvalue weighted by Crippen LogP contribution is 2.35. The molecule has 1 aliphatic carbocycles. The smallest absolute Gasteiger partial charge is 0.157 e. The zero-order valence-corrected chi connectivity index (χ0v) is 11.3. The van der Waals surface area contributed by atoms with Gasteiger partial charge < -0.3 is 10.1 Å². The number of thioether (sulfide) groups is 1. The average molecular weight is 242 g/mol. The lowest BCUT2D eigenvalue weighted by Crippen LogP contribution is -2.43. The lowest BCUT2D eigenvalue weighted by molar-refractivity contribution is -0.0629. The van der Waals surface area contributed by atoms with Gasteiger partial charge in [0.05, 0.1) is 12.1 Å². The second-order valence-electron chi connectivity index (χ2n) is 5.19. The number of hydrogen-bond donors (Lipinski definition) is 1. The first-order chi connectivity index (χ1) is 7.61. The third kappa shape index (κ3) is 2.38. The fourth-order valence-corrected chi connectivity index (χ4v) is 3.25. The molecule has 1 heterocycles. The van der Waals surface area contributed by atoms with Crippen LogP contribution in [0, 0.1) is 0 Å². The summed E-state index contributed by atoms with van der Waals surface area (Å²) in [5.41, 5.74) is 0.295. The highest BCUT2D eigenvalue weighted by Gasteiger charge is 2.37. The molecule has 0 aromatic rings. The first-order valence-corrected chi connectivity index (χ1v) is 7.11. The standard InChI is InChI=1S/C12H22N2OS/c1-4-11(2)9-16-10(14-11)13-8-12(15-3)6-5-7-12/h4-9H2,1-3H3,(H,13,14). The van der Waals surface area contributed by atoms with Crippen LogP contribution in [0.1, 0.15) is 39.5 Å². The number of aliphatic imine (C=N–C) groups is 1. The van der Waals surface area contributed by atoms with Crippen LogP contribution >= 0.6 is 11.8 Å². The maximum atomic E-state index is 5.57. The Morgan fingerprint density at radius 1 is 1.50 bits per heavy atom. The van der Waals surface area contributed by atoms with Crippen LogP contribution in [0.4, 0.5) is 0 Å². The molecule has 0 radical (unpaired) electrons. The Balaban J connectivity index is 1.89. The Labute approximate surface area is 102 Å². The zero-order valence-electron chi connectivity index (χ0n) is 10.5. The highest BCUT2D eigenvalue weighted by molar-refractivity contribution is 8.14. The second kappa shape index (κ2) is 4.57. The van der Waals surface area contributed by atoms with Gasteiger partial charge in [0.1, 0.15) is 0 Å². The Morgan fingerprint density at radius 2 is 2.25 bits per heavy atom. The van der Waals surface area contributed by atoms with E-state index >= 15 is 0 Å². The molecule has 92 valence electrons. The van der Waals surface area contributed by atoms with Gasteiger partial charge in [-0.15, -0.1) is 0 Å². The number of rotatable bonds is 4. The molecule has 0 bridgehead atoms. The minimum absolute atomic E-state index is 0.0560. The van der Waals surface area contributed by atoms with Crippen molar-refractivity contribution in [3.63, 3.8) is 0 Å². The lowest BCUT2D eigenvalue weighted by Gasteiger charge is -2.39. The summed E-state index contributed by atoms with van der Waals surface area (Å²) in [6.07, 6.45) is 4.76. The predicted octanol–water partition coefficient (Wildman–Crippen LogP) is 2.42. The van der Waals surface area contributed by atoms with Crippen molar-refractivity contribution in [2.24, 2.45) is 4.99 Å². The highest BCUT2D eigenvalue weighted by atomic mass is 32.2. The van der Waals surface area contributed by atoms with E-state index in [9.17, 15) is 0 Å². The summed E-state index contributed by atoms with van der Waals surface area (Å²) in [5.74, 6) is 1.13. The van der Waals surface area contributed by atoms with Crippen molar-refractivity contribution in [1.82, 2.24) is 5.32 Å². The van der Waals surface area contributed by atoms with Crippen LogP contribution in [0.3, 0.4) is 0 Å². The molecule has 1 aliphatic heterocycles. The van der Waals surface area contributed by atoms with E-state index < -0.39 is 0 Å². The summed E-state index contributed by atoms with van der Waals surface area (Å²) in [5, 5.41) is 4.62. The van der Waals surface area contributed by atoms with Gasteiger partial charge in [0.25, 0.3) is 0 Å². The van der Waals surface area contributed by atoms with Gasteiger partial charge >= 0.3 is 0 Å². The SMILES string of the molecule is CCC1(C)CSC(=NCC2(OC)CCC2)N1. The van der Waals surface area contributed by atoms with Gasteiger partial charge in [-0.3, -0.25) is 4.99 Å². The van der Waals surface area contributed by atoms with Crippen molar-refractivity contribution in [2.75, 3.05) is 19.4 Å². The molecule has 0 aromatic heterocycles. The average Bonchev–Trinajstić information content (AvgIpc) is 2.61. The molecule has 1 saturated heterocycles. The van der Waals surface area contributed by atoms with Gasteiger partial charge in [-0.2, -0.15) is 0 Å². The molecule has 0 aromatic carbocycles. The molecule has 0 amide bonds. The molecule has 2 aliphatic rings. The number of nitrogens with zero attached hydrogens (tertiary/aromatic N) is 1.